The molecule has 0 nitrogen and oxygen atoms in total. The zero-order valence-corrected chi connectivity index (χ0v) is 15.6. The second-order valence-electron chi connectivity index (χ2n) is 7.07. The molecule has 0 saturated heterocycles. The summed E-state index contributed by atoms with van der Waals surface area (Å²) >= 11 is 0. The van der Waals surface area contributed by atoms with Gasteiger partial charge < -0.3 is 0 Å². The van der Waals surface area contributed by atoms with Gasteiger partial charge in [0.05, 0.1) is 0 Å². The van der Waals surface area contributed by atoms with Crippen LogP contribution in [0.25, 0.3) is 0 Å². The van der Waals surface area contributed by atoms with Gasteiger partial charge in [0.25, 0.3) is 0 Å². The molecule has 2 atom stereocenters. The molecule has 0 rings (SSSR count). The highest BCUT2D eigenvalue weighted by Crippen LogP contribution is 2.20. The Morgan fingerprint density at radius 2 is 1.41 bits per heavy atom. The lowest BCUT2D eigenvalue weighted by molar-refractivity contribution is 0.417. The highest BCUT2D eigenvalue weighted by atomic mass is 14.1. The second-order valence-corrected chi connectivity index (χ2v) is 7.07. The summed E-state index contributed by atoms with van der Waals surface area (Å²) in [7, 11) is 0. The van der Waals surface area contributed by atoms with Crippen molar-refractivity contribution >= 4 is 0 Å². The van der Waals surface area contributed by atoms with E-state index in [1.54, 1.807) is 0 Å². The smallest absolute Gasteiger partial charge is 0.0325 e. The molecule has 0 aromatic heterocycles. The third-order valence-corrected chi connectivity index (χ3v) is 4.83. The van der Waals surface area contributed by atoms with Crippen molar-refractivity contribution in [3.63, 3.8) is 0 Å². The molecule has 0 saturated carbocycles. The average Bonchev–Trinajstić information content (AvgIpc) is 2.53. The first-order chi connectivity index (χ1) is 10.7. The maximum Gasteiger partial charge on any atom is -0.0325 e. The van der Waals surface area contributed by atoms with Gasteiger partial charge in [0.15, 0.2) is 0 Å². The van der Waals surface area contributed by atoms with Crippen LogP contribution in [-0.2, 0) is 0 Å². The minimum atomic E-state index is 0.852. The monoisotopic (exact) mass is 306 g/mol. The summed E-state index contributed by atoms with van der Waals surface area (Å²) in [6.07, 6.45) is 23.3. The minimum Gasteiger partial charge on any atom is -0.0885 e. The summed E-state index contributed by atoms with van der Waals surface area (Å²) in [5, 5.41) is 0. The van der Waals surface area contributed by atoms with E-state index < -0.39 is 0 Å². The summed E-state index contributed by atoms with van der Waals surface area (Å²) < 4.78 is 0. The molecule has 0 spiro atoms. The fraction of sp³-hybridized carbons (Fsp3) is 0.818. The number of hydrogen-bond acceptors (Lipinski definition) is 0. The van der Waals surface area contributed by atoms with E-state index in [9.17, 15) is 0 Å². The third kappa shape index (κ3) is 14.7. The fourth-order valence-electron chi connectivity index (χ4n) is 3.08. The Balaban J connectivity index is 3.56. The van der Waals surface area contributed by atoms with E-state index in [-0.39, 0.29) is 0 Å². The lowest BCUT2D eigenvalue weighted by Crippen LogP contribution is -1.98. The standard InChI is InChI=1S/C22H42/c1-5-8-10-13-17-21(4)18-14-12-16-20-22(7-3)19-15-11-9-6-2/h12,14,21-22H,1-2,5-11,13,15-20H2,3-4H3/b14-12+. The van der Waals surface area contributed by atoms with E-state index in [4.69, 9.17) is 0 Å². The number of allylic oxidation sites excluding steroid dienone is 2. The van der Waals surface area contributed by atoms with Crippen LogP contribution < -0.4 is 0 Å². The lowest BCUT2D eigenvalue weighted by Gasteiger charge is -2.13. The highest BCUT2D eigenvalue weighted by molar-refractivity contribution is 4.84. The quantitative estimate of drug-likeness (QED) is 0.200. The van der Waals surface area contributed by atoms with Crippen LogP contribution in [0.2, 0.25) is 0 Å². The zero-order valence-electron chi connectivity index (χ0n) is 15.6. The Kier molecular flexibility index (Phi) is 16.9. The molecule has 22 heavy (non-hydrogen) atoms. The Labute approximate surface area is 142 Å². The highest BCUT2D eigenvalue weighted by Gasteiger charge is 2.04. The van der Waals surface area contributed by atoms with E-state index in [2.05, 4.69) is 39.8 Å². The molecular formula is C22H42. The molecule has 0 heteroatoms. The fourth-order valence-corrected chi connectivity index (χ4v) is 3.08. The Morgan fingerprint density at radius 1 is 0.773 bits per heavy atom. The molecule has 0 aromatic rings. The summed E-state index contributed by atoms with van der Waals surface area (Å²) in [5.41, 5.74) is 0. The van der Waals surface area contributed by atoms with Crippen molar-refractivity contribution in [1.82, 2.24) is 0 Å². The first-order valence-corrected chi connectivity index (χ1v) is 9.98. The van der Waals surface area contributed by atoms with Crippen molar-refractivity contribution in [3.05, 3.63) is 26.0 Å². The van der Waals surface area contributed by atoms with Gasteiger partial charge in [-0.2, -0.15) is 0 Å². The van der Waals surface area contributed by atoms with Crippen molar-refractivity contribution in [3.8, 4) is 0 Å². The molecule has 0 aromatic carbocycles. The number of unbranched alkanes of at least 4 members (excludes halogenated alkanes) is 6. The van der Waals surface area contributed by atoms with Gasteiger partial charge >= 0.3 is 0 Å². The van der Waals surface area contributed by atoms with E-state index in [1.165, 1.54) is 77.0 Å². The van der Waals surface area contributed by atoms with E-state index >= 15 is 0 Å². The molecule has 0 heterocycles. The number of hydrogen-bond donors (Lipinski definition) is 0. The van der Waals surface area contributed by atoms with Crippen LogP contribution in [0.4, 0.5) is 0 Å². The molecule has 130 valence electrons. The van der Waals surface area contributed by atoms with E-state index in [0.29, 0.717) is 0 Å². The van der Waals surface area contributed by atoms with Crippen LogP contribution in [0.5, 0.6) is 0 Å². The first-order valence-electron chi connectivity index (χ1n) is 9.98. The Bertz CT molecular complexity index is 228. The molecule has 0 amide bonds. The Morgan fingerprint density at radius 3 is 2.00 bits per heavy atom. The van der Waals surface area contributed by atoms with Crippen LogP contribution in [0.15, 0.2) is 12.2 Å². The molecular weight excluding hydrogens is 264 g/mol. The summed E-state index contributed by atoms with van der Waals surface area (Å²) in [4.78, 5) is 0. The molecule has 2 radical (unpaired) electrons. The number of rotatable bonds is 16. The predicted molar refractivity (Wildman–Crippen MR) is 103 cm³/mol. The van der Waals surface area contributed by atoms with Crippen molar-refractivity contribution in [1.29, 1.82) is 0 Å². The summed E-state index contributed by atoms with van der Waals surface area (Å²) in [6, 6.07) is 0. The van der Waals surface area contributed by atoms with Crippen LogP contribution in [0, 0.1) is 25.7 Å². The normalized spacial score (nSPS) is 14.5. The van der Waals surface area contributed by atoms with Gasteiger partial charge in [-0.15, -0.1) is 0 Å². The van der Waals surface area contributed by atoms with Crippen molar-refractivity contribution < 1.29 is 0 Å². The molecule has 2 unspecified atom stereocenters. The van der Waals surface area contributed by atoms with Gasteiger partial charge in [0.1, 0.15) is 0 Å². The van der Waals surface area contributed by atoms with Crippen molar-refractivity contribution in [2.45, 2.75) is 104 Å². The summed E-state index contributed by atoms with van der Waals surface area (Å²) in [5.74, 6) is 1.79. The van der Waals surface area contributed by atoms with Crippen molar-refractivity contribution in [2.75, 3.05) is 0 Å². The van der Waals surface area contributed by atoms with Crippen LogP contribution >= 0.6 is 0 Å². The molecule has 0 aliphatic rings. The van der Waals surface area contributed by atoms with Crippen LogP contribution in [-0.4, -0.2) is 0 Å². The topological polar surface area (TPSA) is 0 Å². The lowest BCUT2D eigenvalue weighted by atomic mass is 9.93. The third-order valence-electron chi connectivity index (χ3n) is 4.83. The molecule has 0 aliphatic heterocycles. The largest absolute Gasteiger partial charge is 0.0885 e. The molecule has 0 bridgehead atoms. The van der Waals surface area contributed by atoms with Crippen LogP contribution in [0.3, 0.4) is 0 Å². The molecule has 0 aliphatic carbocycles. The Hall–Kier alpha value is -0.260. The predicted octanol–water partition coefficient (Wildman–Crippen LogP) is 7.94. The maximum absolute atomic E-state index is 3.92. The average molecular weight is 307 g/mol. The van der Waals surface area contributed by atoms with Crippen LogP contribution in [0.1, 0.15) is 104 Å². The van der Waals surface area contributed by atoms with Crippen molar-refractivity contribution in [2.24, 2.45) is 11.8 Å². The van der Waals surface area contributed by atoms with Gasteiger partial charge in [0.2, 0.25) is 0 Å². The minimum absolute atomic E-state index is 0.852. The molecule has 0 N–H and O–H groups in total. The SMILES string of the molecule is [CH2]CCCCCC(C)C/C=C/CCC(CC)CCCCC[CH2]. The summed E-state index contributed by atoms with van der Waals surface area (Å²) in [6.45, 7) is 12.6. The maximum atomic E-state index is 3.92. The van der Waals surface area contributed by atoms with E-state index in [1.807, 2.05) is 0 Å². The van der Waals surface area contributed by atoms with Gasteiger partial charge in [0, 0.05) is 0 Å². The first kappa shape index (κ1) is 21.7. The van der Waals surface area contributed by atoms with Gasteiger partial charge in [-0.05, 0) is 31.1 Å². The van der Waals surface area contributed by atoms with Gasteiger partial charge in [-0.25, -0.2) is 0 Å². The second kappa shape index (κ2) is 17.1. The van der Waals surface area contributed by atoms with Gasteiger partial charge in [-0.3, -0.25) is 0 Å². The molecule has 0 fully saturated rings. The zero-order chi connectivity index (χ0) is 16.5. The van der Waals surface area contributed by atoms with Gasteiger partial charge in [-0.1, -0.05) is 110 Å². The van der Waals surface area contributed by atoms with E-state index in [0.717, 1.165) is 24.7 Å².